The number of carboxylic acid groups (broad SMARTS) is 1. The Bertz CT molecular complexity index is 1000. The lowest BCUT2D eigenvalue weighted by Gasteiger charge is -2.07. The zero-order chi connectivity index (χ0) is 19.2. The highest BCUT2D eigenvalue weighted by Gasteiger charge is 2.10. The van der Waals surface area contributed by atoms with Gasteiger partial charge in [0, 0.05) is 0 Å². The summed E-state index contributed by atoms with van der Waals surface area (Å²) in [6.07, 6.45) is -1.42. The molecule has 0 unspecified atom stereocenters. The molecule has 0 amide bonds. The molecule has 0 atom stereocenters. The number of rotatable bonds is 4. The van der Waals surface area contributed by atoms with E-state index >= 15 is 0 Å². The van der Waals surface area contributed by atoms with Crippen LogP contribution < -0.4 is 9.47 Å². The van der Waals surface area contributed by atoms with Crippen molar-refractivity contribution in [2.24, 2.45) is 0 Å². The van der Waals surface area contributed by atoms with Crippen LogP contribution in [-0.4, -0.2) is 17.2 Å². The van der Waals surface area contributed by atoms with Crippen LogP contribution in [0.15, 0.2) is 72.8 Å². The van der Waals surface area contributed by atoms with Crippen LogP contribution in [0.25, 0.3) is 11.1 Å². The van der Waals surface area contributed by atoms with Gasteiger partial charge in [-0.15, -0.1) is 0 Å². The maximum Gasteiger partial charge on any atom is 0.511 e. The number of carbonyl (C=O) groups excluding carboxylic acids is 1. The van der Waals surface area contributed by atoms with E-state index in [1.54, 1.807) is 24.3 Å². The van der Waals surface area contributed by atoms with Crippen molar-refractivity contribution in [3.8, 4) is 28.7 Å². The van der Waals surface area contributed by atoms with E-state index in [0.717, 1.165) is 11.1 Å². The van der Waals surface area contributed by atoms with E-state index in [1.165, 1.54) is 24.3 Å². The minimum absolute atomic E-state index is 0.116. The predicted molar refractivity (Wildman–Crippen MR) is 96.6 cm³/mol. The van der Waals surface area contributed by atoms with E-state index in [2.05, 4.69) is 10.8 Å². The summed E-state index contributed by atoms with van der Waals surface area (Å²) in [7, 11) is 0. The summed E-state index contributed by atoms with van der Waals surface area (Å²) in [5.74, 6) is -0.0722. The van der Waals surface area contributed by atoms with Crippen molar-refractivity contribution < 1.29 is 24.2 Å². The van der Waals surface area contributed by atoms with Crippen LogP contribution in [0.2, 0.25) is 0 Å². The van der Waals surface area contributed by atoms with Gasteiger partial charge in [-0.05, 0) is 59.7 Å². The number of ether oxygens (including phenoxy) is 2. The normalized spacial score (nSPS) is 9.89. The van der Waals surface area contributed by atoms with Gasteiger partial charge in [-0.25, -0.2) is 9.59 Å². The predicted octanol–water partition coefficient (Wildman–Crippen LogP) is 4.50. The topological polar surface area (TPSA) is 96.6 Å². The Hall–Kier alpha value is -4.11. The second-order valence-electron chi connectivity index (χ2n) is 5.50. The molecular weight excluding hydrogens is 346 g/mol. The standard InChI is InChI=1S/C21H13NO5/c22-13-14-1-3-15(4-2-14)16-5-9-18(10-6-16)26-20(23)17-7-11-19(12-8-17)27-21(24)25/h1-12H,(H,24,25). The van der Waals surface area contributed by atoms with Crippen LogP contribution in [-0.2, 0) is 0 Å². The molecular formula is C21H13NO5. The average Bonchev–Trinajstić information content (AvgIpc) is 2.69. The lowest BCUT2D eigenvalue weighted by atomic mass is 10.0. The molecule has 0 bridgehead atoms. The van der Waals surface area contributed by atoms with Gasteiger partial charge in [0.05, 0.1) is 17.2 Å². The van der Waals surface area contributed by atoms with Crippen molar-refractivity contribution in [1.29, 1.82) is 5.26 Å². The fourth-order valence-corrected chi connectivity index (χ4v) is 2.38. The van der Waals surface area contributed by atoms with Crippen molar-refractivity contribution in [2.75, 3.05) is 0 Å². The number of esters is 1. The van der Waals surface area contributed by atoms with Gasteiger partial charge in [0.25, 0.3) is 0 Å². The van der Waals surface area contributed by atoms with Gasteiger partial charge in [0.1, 0.15) is 11.5 Å². The molecule has 6 nitrogen and oxygen atoms in total. The molecule has 0 radical (unpaired) electrons. The highest BCUT2D eigenvalue weighted by molar-refractivity contribution is 5.91. The number of hydrogen-bond acceptors (Lipinski definition) is 5. The summed E-state index contributed by atoms with van der Waals surface area (Å²) >= 11 is 0. The molecule has 6 heteroatoms. The largest absolute Gasteiger partial charge is 0.511 e. The first-order valence-corrected chi connectivity index (χ1v) is 7.89. The summed E-state index contributed by atoms with van der Waals surface area (Å²) in [6, 6.07) is 21.8. The van der Waals surface area contributed by atoms with Crippen molar-refractivity contribution in [1.82, 2.24) is 0 Å². The molecule has 3 rings (SSSR count). The van der Waals surface area contributed by atoms with Crippen LogP contribution >= 0.6 is 0 Å². The third kappa shape index (κ3) is 4.50. The molecule has 3 aromatic carbocycles. The maximum atomic E-state index is 12.2. The molecule has 1 N–H and O–H groups in total. The van der Waals surface area contributed by atoms with E-state index in [1.807, 2.05) is 24.3 Å². The Morgan fingerprint density at radius 1 is 0.741 bits per heavy atom. The van der Waals surface area contributed by atoms with Gasteiger partial charge in [0.2, 0.25) is 0 Å². The van der Waals surface area contributed by atoms with Crippen molar-refractivity contribution >= 4 is 12.1 Å². The fraction of sp³-hybridized carbons (Fsp3) is 0. The van der Waals surface area contributed by atoms with Crippen molar-refractivity contribution in [3.63, 3.8) is 0 Å². The van der Waals surface area contributed by atoms with Crippen molar-refractivity contribution in [3.05, 3.63) is 83.9 Å². The Morgan fingerprint density at radius 3 is 1.74 bits per heavy atom. The monoisotopic (exact) mass is 359 g/mol. The fourth-order valence-electron chi connectivity index (χ4n) is 2.38. The highest BCUT2D eigenvalue weighted by atomic mass is 16.7. The second kappa shape index (κ2) is 7.85. The van der Waals surface area contributed by atoms with Crippen LogP contribution in [0.5, 0.6) is 11.5 Å². The average molecular weight is 359 g/mol. The third-order valence-electron chi connectivity index (χ3n) is 3.71. The van der Waals surface area contributed by atoms with Crippen LogP contribution in [0, 0.1) is 11.3 Å². The minimum atomic E-state index is -1.42. The minimum Gasteiger partial charge on any atom is -0.449 e. The Kier molecular flexibility index (Phi) is 5.15. The quantitative estimate of drug-likeness (QED) is 0.418. The Balaban J connectivity index is 1.67. The number of benzene rings is 3. The van der Waals surface area contributed by atoms with Gasteiger partial charge >= 0.3 is 12.1 Å². The summed E-state index contributed by atoms with van der Waals surface area (Å²) < 4.78 is 9.79. The third-order valence-corrected chi connectivity index (χ3v) is 3.71. The van der Waals surface area contributed by atoms with Gasteiger partial charge in [-0.1, -0.05) is 24.3 Å². The molecule has 0 spiro atoms. The smallest absolute Gasteiger partial charge is 0.449 e. The van der Waals surface area contributed by atoms with Gasteiger partial charge in [-0.2, -0.15) is 5.26 Å². The number of hydrogen-bond donors (Lipinski definition) is 1. The Labute approximate surface area is 154 Å². The van der Waals surface area contributed by atoms with E-state index < -0.39 is 12.1 Å². The van der Waals surface area contributed by atoms with Gasteiger partial charge in [-0.3, -0.25) is 0 Å². The molecule has 0 saturated carbocycles. The molecule has 132 valence electrons. The summed E-state index contributed by atoms with van der Waals surface area (Å²) in [4.78, 5) is 22.6. The van der Waals surface area contributed by atoms with Crippen molar-refractivity contribution in [2.45, 2.75) is 0 Å². The van der Waals surface area contributed by atoms with E-state index in [4.69, 9.17) is 15.1 Å². The molecule has 0 heterocycles. The summed E-state index contributed by atoms with van der Waals surface area (Å²) in [5.41, 5.74) is 2.73. The van der Waals surface area contributed by atoms with Crippen LogP contribution in [0.1, 0.15) is 15.9 Å². The molecule has 3 aromatic rings. The lowest BCUT2D eigenvalue weighted by Crippen LogP contribution is -2.09. The molecule has 0 aromatic heterocycles. The zero-order valence-corrected chi connectivity index (χ0v) is 14.0. The van der Waals surface area contributed by atoms with E-state index in [9.17, 15) is 9.59 Å². The first kappa shape index (κ1) is 17.7. The summed E-state index contributed by atoms with van der Waals surface area (Å²) in [5, 5.41) is 17.4. The highest BCUT2D eigenvalue weighted by Crippen LogP contribution is 2.23. The Morgan fingerprint density at radius 2 is 1.22 bits per heavy atom. The number of nitrogens with zero attached hydrogens (tertiary/aromatic N) is 1. The van der Waals surface area contributed by atoms with Crippen LogP contribution in [0.4, 0.5) is 4.79 Å². The molecule has 27 heavy (non-hydrogen) atoms. The molecule has 0 fully saturated rings. The number of nitriles is 1. The molecule has 0 aliphatic carbocycles. The van der Waals surface area contributed by atoms with Crippen LogP contribution in [0.3, 0.4) is 0 Å². The second-order valence-corrected chi connectivity index (χ2v) is 5.50. The van der Waals surface area contributed by atoms with E-state index in [-0.39, 0.29) is 11.3 Å². The van der Waals surface area contributed by atoms with Gasteiger partial charge < -0.3 is 14.6 Å². The first-order valence-electron chi connectivity index (χ1n) is 7.89. The first-order chi connectivity index (χ1) is 13.0. The molecule has 0 aliphatic rings. The number of carbonyl (C=O) groups is 2. The SMILES string of the molecule is N#Cc1ccc(-c2ccc(OC(=O)c3ccc(OC(=O)O)cc3)cc2)cc1. The van der Waals surface area contributed by atoms with Gasteiger partial charge in [0.15, 0.2) is 0 Å². The zero-order valence-electron chi connectivity index (χ0n) is 14.0. The lowest BCUT2D eigenvalue weighted by molar-refractivity contribution is 0.0734. The molecule has 0 aliphatic heterocycles. The molecule has 0 saturated heterocycles. The maximum absolute atomic E-state index is 12.2. The summed E-state index contributed by atoms with van der Waals surface area (Å²) in [6.45, 7) is 0. The van der Waals surface area contributed by atoms with E-state index in [0.29, 0.717) is 11.3 Å².